The second-order valence-electron chi connectivity index (χ2n) is 12.7. The Bertz CT molecular complexity index is 1140. The Morgan fingerprint density at radius 2 is 1.12 bits per heavy atom. The molecule has 3 aromatic rings. The molecule has 0 atom stereocenters. The summed E-state index contributed by atoms with van der Waals surface area (Å²) in [6.07, 6.45) is 11.7. The maximum Gasteiger partial charge on any atom is 0.129 e. The average molecular weight is 589 g/mol. The molecule has 1 aromatic heterocycles. The van der Waals surface area contributed by atoms with Gasteiger partial charge in [-0.05, 0) is 84.3 Å². The molecule has 0 bridgehead atoms. The van der Waals surface area contributed by atoms with Crippen LogP contribution in [0.3, 0.4) is 0 Å². The van der Waals surface area contributed by atoms with E-state index in [1.54, 1.807) is 14.2 Å². The van der Waals surface area contributed by atoms with Gasteiger partial charge in [-0.25, -0.2) is 4.98 Å². The molecule has 0 saturated carbocycles. The third-order valence-corrected chi connectivity index (χ3v) is 14.3. The number of hydrogen-bond donors (Lipinski definition) is 0. The molecule has 0 saturated heterocycles. The van der Waals surface area contributed by atoms with Crippen molar-refractivity contribution in [3.63, 3.8) is 0 Å². The standard InChI is InChI=1S/C37H56N2O2Si/c1-9-12-23-37(24-13-10-2,25-14-11-3)42(7,8)36-27-30(4)26-35(38-36)39(28-31-15-19-33(40-5)20-16-31)29-32-17-21-34(41-6)22-18-32/h15-22,26-27H,9-14,23-25,28-29H2,1-8H3. The minimum atomic E-state index is -1.96. The fourth-order valence-electron chi connectivity index (χ4n) is 6.38. The van der Waals surface area contributed by atoms with E-state index in [-0.39, 0.29) is 0 Å². The second-order valence-corrected chi connectivity index (χ2v) is 17.5. The van der Waals surface area contributed by atoms with Gasteiger partial charge in [0.1, 0.15) is 25.4 Å². The number of methoxy groups -OCH3 is 2. The van der Waals surface area contributed by atoms with Crippen molar-refractivity contribution in [2.75, 3.05) is 19.1 Å². The molecule has 230 valence electrons. The van der Waals surface area contributed by atoms with Crippen LogP contribution in [0.25, 0.3) is 0 Å². The molecule has 0 aliphatic rings. The van der Waals surface area contributed by atoms with Crippen molar-refractivity contribution < 1.29 is 9.47 Å². The molecule has 2 aromatic carbocycles. The number of benzene rings is 2. The lowest BCUT2D eigenvalue weighted by Crippen LogP contribution is -2.55. The number of pyridine rings is 1. The van der Waals surface area contributed by atoms with E-state index in [4.69, 9.17) is 14.5 Å². The number of hydrogen-bond acceptors (Lipinski definition) is 4. The first-order valence-electron chi connectivity index (χ1n) is 16.2. The minimum absolute atomic E-state index is 0.379. The van der Waals surface area contributed by atoms with Crippen LogP contribution in [-0.4, -0.2) is 27.3 Å². The molecule has 0 amide bonds. The summed E-state index contributed by atoms with van der Waals surface area (Å²) < 4.78 is 10.9. The Hall–Kier alpha value is -2.79. The summed E-state index contributed by atoms with van der Waals surface area (Å²) in [4.78, 5) is 8.03. The summed E-state index contributed by atoms with van der Waals surface area (Å²) >= 11 is 0. The Morgan fingerprint density at radius 3 is 1.50 bits per heavy atom. The van der Waals surface area contributed by atoms with E-state index >= 15 is 0 Å². The molecule has 3 rings (SSSR count). The van der Waals surface area contributed by atoms with Gasteiger partial charge in [-0.1, -0.05) is 96.7 Å². The van der Waals surface area contributed by atoms with Crippen LogP contribution in [0.15, 0.2) is 60.7 Å². The molecule has 0 fully saturated rings. The van der Waals surface area contributed by atoms with Crippen LogP contribution >= 0.6 is 0 Å². The third-order valence-electron chi connectivity index (χ3n) is 9.34. The van der Waals surface area contributed by atoms with Gasteiger partial charge in [0.2, 0.25) is 0 Å². The first-order chi connectivity index (χ1) is 20.2. The molecule has 0 spiro atoms. The molecule has 0 aliphatic heterocycles. The van der Waals surface area contributed by atoms with Gasteiger partial charge in [0.15, 0.2) is 0 Å². The van der Waals surface area contributed by atoms with E-state index in [0.29, 0.717) is 5.04 Å². The number of anilines is 1. The van der Waals surface area contributed by atoms with E-state index in [0.717, 1.165) is 30.4 Å². The lowest BCUT2D eigenvalue weighted by Gasteiger charge is -2.46. The van der Waals surface area contributed by atoms with Gasteiger partial charge in [-0.15, -0.1) is 0 Å². The smallest absolute Gasteiger partial charge is 0.129 e. The van der Waals surface area contributed by atoms with Crippen molar-refractivity contribution in [2.45, 2.75) is 117 Å². The Labute approximate surface area is 257 Å². The third kappa shape index (κ3) is 8.62. The number of unbranched alkanes of at least 4 members (excludes halogenated alkanes) is 3. The number of nitrogens with zero attached hydrogens (tertiary/aromatic N) is 2. The van der Waals surface area contributed by atoms with Crippen molar-refractivity contribution in [2.24, 2.45) is 0 Å². The molecule has 0 radical (unpaired) electrons. The lowest BCUT2D eigenvalue weighted by atomic mass is 9.89. The summed E-state index contributed by atoms with van der Waals surface area (Å²) in [5.74, 6) is 2.84. The molecular weight excluding hydrogens is 533 g/mol. The van der Waals surface area contributed by atoms with Crippen LogP contribution in [0.1, 0.15) is 95.2 Å². The molecule has 0 aliphatic carbocycles. The zero-order valence-electron chi connectivity index (χ0n) is 27.8. The van der Waals surface area contributed by atoms with E-state index in [1.807, 2.05) is 0 Å². The molecule has 5 heteroatoms. The Morgan fingerprint density at radius 1 is 0.690 bits per heavy atom. The van der Waals surface area contributed by atoms with Crippen LogP contribution in [0.5, 0.6) is 11.5 Å². The zero-order chi connectivity index (χ0) is 30.6. The molecule has 0 N–H and O–H groups in total. The SMILES string of the molecule is CCCCC(CCCC)(CCCC)[Si](C)(C)c1cc(C)cc(N(Cc2ccc(OC)cc2)Cc2ccc(OC)cc2)n1. The van der Waals surface area contributed by atoms with Crippen LogP contribution in [0.4, 0.5) is 5.82 Å². The molecule has 0 unspecified atom stereocenters. The summed E-state index contributed by atoms with van der Waals surface area (Å²) in [5.41, 5.74) is 3.79. The number of ether oxygens (including phenoxy) is 2. The summed E-state index contributed by atoms with van der Waals surface area (Å²) in [5, 5.41) is 1.75. The van der Waals surface area contributed by atoms with Gasteiger partial charge in [0.05, 0.1) is 14.2 Å². The Kier molecular flexibility index (Phi) is 13.0. The van der Waals surface area contributed by atoms with Gasteiger partial charge in [-0.2, -0.15) is 0 Å². The van der Waals surface area contributed by atoms with Gasteiger partial charge < -0.3 is 14.4 Å². The van der Waals surface area contributed by atoms with Crippen LogP contribution in [0, 0.1) is 6.92 Å². The second kappa shape index (κ2) is 16.2. The predicted octanol–water partition coefficient (Wildman–Crippen LogP) is 9.84. The van der Waals surface area contributed by atoms with Gasteiger partial charge in [0.25, 0.3) is 0 Å². The predicted molar refractivity (Wildman–Crippen MR) is 183 cm³/mol. The van der Waals surface area contributed by atoms with Crippen molar-refractivity contribution in [3.8, 4) is 11.5 Å². The highest BCUT2D eigenvalue weighted by Crippen LogP contribution is 2.51. The first-order valence-corrected chi connectivity index (χ1v) is 19.2. The normalized spacial score (nSPS) is 11.9. The molecule has 42 heavy (non-hydrogen) atoms. The quantitative estimate of drug-likeness (QED) is 0.139. The summed E-state index contributed by atoms with van der Waals surface area (Å²) in [6.45, 7) is 16.1. The van der Waals surface area contributed by atoms with Crippen molar-refractivity contribution in [1.29, 1.82) is 0 Å². The van der Waals surface area contributed by atoms with Gasteiger partial charge >= 0.3 is 0 Å². The van der Waals surface area contributed by atoms with Crippen LogP contribution in [0.2, 0.25) is 18.1 Å². The van der Waals surface area contributed by atoms with Crippen molar-refractivity contribution in [1.82, 2.24) is 4.98 Å². The maximum atomic E-state index is 5.59. The molecule has 4 nitrogen and oxygen atoms in total. The van der Waals surface area contributed by atoms with Crippen LogP contribution < -0.4 is 19.7 Å². The lowest BCUT2D eigenvalue weighted by molar-refractivity contribution is 0.388. The van der Waals surface area contributed by atoms with E-state index < -0.39 is 8.07 Å². The van der Waals surface area contributed by atoms with Crippen molar-refractivity contribution in [3.05, 3.63) is 77.4 Å². The van der Waals surface area contributed by atoms with E-state index in [1.165, 1.54) is 79.8 Å². The topological polar surface area (TPSA) is 34.6 Å². The minimum Gasteiger partial charge on any atom is -0.497 e. The van der Waals surface area contributed by atoms with Gasteiger partial charge in [-0.3, -0.25) is 0 Å². The number of aromatic nitrogens is 1. The number of rotatable bonds is 18. The monoisotopic (exact) mass is 588 g/mol. The largest absolute Gasteiger partial charge is 0.497 e. The van der Waals surface area contributed by atoms with Gasteiger partial charge in [0, 0.05) is 18.4 Å². The van der Waals surface area contributed by atoms with E-state index in [9.17, 15) is 0 Å². The highest BCUT2D eigenvalue weighted by Gasteiger charge is 2.47. The summed E-state index contributed by atoms with van der Waals surface area (Å²) in [6, 6.07) is 21.6. The average Bonchev–Trinajstić information content (AvgIpc) is 3.00. The van der Waals surface area contributed by atoms with Crippen LogP contribution in [-0.2, 0) is 13.1 Å². The first kappa shape index (κ1) is 33.7. The molecule has 1 heterocycles. The fourth-order valence-corrected chi connectivity index (χ4v) is 10.3. The highest BCUT2D eigenvalue weighted by molar-refractivity contribution is 6.91. The highest BCUT2D eigenvalue weighted by atomic mass is 28.3. The fraction of sp³-hybridized carbons (Fsp3) is 0.541. The zero-order valence-corrected chi connectivity index (χ0v) is 28.8. The summed E-state index contributed by atoms with van der Waals surface area (Å²) in [7, 11) is 1.48. The van der Waals surface area contributed by atoms with E-state index in [2.05, 4.69) is 106 Å². The maximum absolute atomic E-state index is 5.59. The molecular formula is C37H56N2O2Si. The number of aryl methyl sites for hydroxylation is 1. The van der Waals surface area contributed by atoms with Crippen molar-refractivity contribution >= 4 is 19.2 Å². The Balaban J connectivity index is 2.08.